The van der Waals surface area contributed by atoms with E-state index >= 15 is 0 Å². The van der Waals surface area contributed by atoms with E-state index in [1.807, 2.05) is 0 Å². The van der Waals surface area contributed by atoms with Crippen molar-refractivity contribution >= 4 is 29.1 Å². The molecule has 5 nitrogen and oxygen atoms in total. The molecule has 1 aromatic rings. The van der Waals surface area contributed by atoms with Crippen molar-refractivity contribution in [3.63, 3.8) is 0 Å². The monoisotopic (exact) mass is 295 g/mol. The van der Waals surface area contributed by atoms with Gasteiger partial charge in [0.1, 0.15) is 0 Å². The number of primary amides is 1. The molecule has 0 radical (unpaired) electrons. The van der Waals surface area contributed by atoms with Crippen LogP contribution < -0.4 is 11.5 Å². The van der Waals surface area contributed by atoms with Crippen LogP contribution in [0, 0.1) is 5.92 Å². The van der Waals surface area contributed by atoms with Gasteiger partial charge in [0.05, 0.1) is 10.7 Å². The van der Waals surface area contributed by atoms with Gasteiger partial charge >= 0.3 is 0 Å². The summed E-state index contributed by atoms with van der Waals surface area (Å²) < 4.78 is 0. The van der Waals surface area contributed by atoms with Crippen LogP contribution in [0.4, 0.5) is 5.69 Å². The Kier molecular flexibility index (Phi) is 4.49. The molecule has 1 aliphatic rings. The molecule has 0 unspecified atom stereocenters. The molecule has 0 aliphatic carbocycles. The van der Waals surface area contributed by atoms with E-state index in [-0.39, 0.29) is 17.7 Å². The molecular formula is C14H18ClN3O2. The van der Waals surface area contributed by atoms with E-state index < -0.39 is 0 Å². The van der Waals surface area contributed by atoms with Gasteiger partial charge in [-0.1, -0.05) is 11.6 Å². The van der Waals surface area contributed by atoms with Crippen LogP contribution in [0.5, 0.6) is 0 Å². The van der Waals surface area contributed by atoms with Crippen molar-refractivity contribution in [2.75, 3.05) is 18.8 Å². The molecule has 1 aromatic carbocycles. The molecule has 0 saturated carbocycles. The Bertz CT molecular complexity index is 525. The Morgan fingerprint density at radius 1 is 1.30 bits per heavy atom. The van der Waals surface area contributed by atoms with Crippen LogP contribution in [0.3, 0.4) is 0 Å². The number of nitrogen functional groups attached to an aromatic ring is 1. The van der Waals surface area contributed by atoms with Gasteiger partial charge in [-0.2, -0.15) is 0 Å². The Labute approximate surface area is 122 Å². The van der Waals surface area contributed by atoms with Crippen molar-refractivity contribution in [1.29, 1.82) is 0 Å². The quantitative estimate of drug-likeness (QED) is 0.831. The number of likely N-dealkylation sites (tertiary alicyclic amines) is 1. The molecule has 1 saturated heterocycles. The van der Waals surface area contributed by atoms with Gasteiger partial charge in [-0.15, -0.1) is 0 Å². The van der Waals surface area contributed by atoms with E-state index in [0.717, 1.165) is 12.8 Å². The Hall–Kier alpha value is -1.75. The summed E-state index contributed by atoms with van der Waals surface area (Å²) in [4.78, 5) is 25.0. The first kappa shape index (κ1) is 14.7. The molecule has 0 atom stereocenters. The van der Waals surface area contributed by atoms with Crippen LogP contribution in [0.2, 0.25) is 5.02 Å². The molecule has 0 bridgehead atoms. The highest BCUT2D eigenvalue weighted by Crippen LogP contribution is 2.24. The third kappa shape index (κ3) is 3.42. The van der Waals surface area contributed by atoms with Gasteiger partial charge < -0.3 is 16.4 Å². The number of nitrogens with two attached hydrogens (primary N) is 2. The first-order valence-electron chi connectivity index (χ1n) is 6.60. The molecule has 1 aliphatic heterocycles. The average Bonchev–Trinajstić information content (AvgIpc) is 2.41. The Balaban J connectivity index is 1.97. The van der Waals surface area contributed by atoms with Gasteiger partial charge in [0, 0.05) is 25.1 Å². The second-order valence-electron chi connectivity index (χ2n) is 5.14. The van der Waals surface area contributed by atoms with Crippen LogP contribution in [0.1, 0.15) is 29.6 Å². The number of rotatable bonds is 3. The van der Waals surface area contributed by atoms with Gasteiger partial charge in [0.2, 0.25) is 5.91 Å². The average molecular weight is 296 g/mol. The highest BCUT2D eigenvalue weighted by molar-refractivity contribution is 6.33. The maximum Gasteiger partial charge on any atom is 0.253 e. The number of anilines is 1. The van der Waals surface area contributed by atoms with Crippen molar-refractivity contribution in [1.82, 2.24) is 4.90 Å². The second-order valence-corrected chi connectivity index (χ2v) is 5.55. The van der Waals surface area contributed by atoms with Crippen LogP contribution in [0.15, 0.2) is 18.2 Å². The summed E-state index contributed by atoms with van der Waals surface area (Å²) in [6.07, 6.45) is 2.00. The lowest BCUT2D eigenvalue weighted by Gasteiger charge is -2.31. The zero-order valence-electron chi connectivity index (χ0n) is 11.1. The van der Waals surface area contributed by atoms with Crippen molar-refractivity contribution in [2.45, 2.75) is 19.3 Å². The predicted molar refractivity (Wildman–Crippen MR) is 78.3 cm³/mol. The molecular weight excluding hydrogens is 278 g/mol. The van der Waals surface area contributed by atoms with Crippen molar-refractivity contribution in [3.05, 3.63) is 28.8 Å². The smallest absolute Gasteiger partial charge is 0.253 e. The summed E-state index contributed by atoms with van der Waals surface area (Å²) in [5.74, 6) is -0.0453. The standard InChI is InChI=1S/C14H18ClN3O2/c15-11-8-10(1-2-12(11)16)14(20)18-5-3-9(4-6-18)7-13(17)19/h1-2,8-9H,3-7,16H2,(H2,17,19). The summed E-state index contributed by atoms with van der Waals surface area (Å²) in [5, 5.41) is 0.388. The zero-order chi connectivity index (χ0) is 14.7. The minimum Gasteiger partial charge on any atom is -0.398 e. The number of carbonyl (C=O) groups is 2. The highest BCUT2D eigenvalue weighted by Gasteiger charge is 2.24. The summed E-state index contributed by atoms with van der Waals surface area (Å²) in [7, 11) is 0. The predicted octanol–water partition coefficient (Wildman–Crippen LogP) is 1.65. The van der Waals surface area contributed by atoms with Crippen molar-refractivity contribution < 1.29 is 9.59 Å². The number of carbonyl (C=O) groups excluding carboxylic acids is 2. The molecule has 108 valence electrons. The van der Waals surface area contributed by atoms with Crippen molar-refractivity contribution in [3.8, 4) is 0 Å². The van der Waals surface area contributed by atoms with E-state index in [4.69, 9.17) is 23.1 Å². The molecule has 1 heterocycles. The third-order valence-electron chi connectivity index (χ3n) is 3.64. The molecule has 2 rings (SSSR count). The minimum atomic E-state index is -0.278. The minimum absolute atomic E-state index is 0.0515. The summed E-state index contributed by atoms with van der Waals surface area (Å²) >= 11 is 5.93. The summed E-state index contributed by atoms with van der Waals surface area (Å²) in [6, 6.07) is 4.91. The number of amides is 2. The molecule has 1 fully saturated rings. The molecule has 6 heteroatoms. The maximum absolute atomic E-state index is 12.3. The fourth-order valence-corrected chi connectivity index (χ4v) is 2.65. The fourth-order valence-electron chi connectivity index (χ4n) is 2.47. The van der Waals surface area contributed by atoms with Gasteiger partial charge in [-0.05, 0) is 37.0 Å². The van der Waals surface area contributed by atoms with Crippen LogP contribution >= 0.6 is 11.6 Å². The van der Waals surface area contributed by atoms with Crippen molar-refractivity contribution in [2.24, 2.45) is 11.7 Å². The number of nitrogens with zero attached hydrogens (tertiary/aromatic N) is 1. The van der Waals surface area contributed by atoms with Gasteiger partial charge in [-0.3, -0.25) is 9.59 Å². The van der Waals surface area contributed by atoms with Gasteiger partial charge in [0.25, 0.3) is 5.91 Å². The number of halogens is 1. The fraction of sp³-hybridized carbons (Fsp3) is 0.429. The SMILES string of the molecule is NC(=O)CC1CCN(C(=O)c2ccc(N)c(Cl)c2)CC1. The molecule has 2 amide bonds. The topological polar surface area (TPSA) is 89.4 Å². The van der Waals surface area contributed by atoms with Crippen LogP contribution in [-0.4, -0.2) is 29.8 Å². The van der Waals surface area contributed by atoms with E-state index in [9.17, 15) is 9.59 Å². The molecule has 4 N–H and O–H groups in total. The molecule has 20 heavy (non-hydrogen) atoms. The van der Waals surface area contributed by atoms with Gasteiger partial charge in [0.15, 0.2) is 0 Å². The molecule has 0 aromatic heterocycles. The van der Waals surface area contributed by atoms with E-state index in [1.54, 1.807) is 23.1 Å². The number of piperidine rings is 1. The summed E-state index contributed by atoms with van der Waals surface area (Å²) in [6.45, 7) is 1.28. The van der Waals surface area contributed by atoms with E-state index in [1.165, 1.54) is 0 Å². The lowest BCUT2D eigenvalue weighted by Crippen LogP contribution is -2.39. The normalized spacial score (nSPS) is 16.1. The zero-order valence-corrected chi connectivity index (χ0v) is 11.9. The number of hydrogen-bond acceptors (Lipinski definition) is 3. The van der Waals surface area contributed by atoms with Crippen LogP contribution in [0.25, 0.3) is 0 Å². The number of hydrogen-bond donors (Lipinski definition) is 2. The Morgan fingerprint density at radius 2 is 1.95 bits per heavy atom. The summed E-state index contributed by atoms with van der Waals surface area (Å²) in [5.41, 5.74) is 11.8. The second kappa shape index (κ2) is 6.13. The van der Waals surface area contributed by atoms with E-state index in [2.05, 4.69) is 0 Å². The number of benzene rings is 1. The highest BCUT2D eigenvalue weighted by atomic mass is 35.5. The lowest BCUT2D eigenvalue weighted by molar-refractivity contribution is -0.119. The Morgan fingerprint density at radius 3 is 2.50 bits per heavy atom. The first-order valence-corrected chi connectivity index (χ1v) is 6.97. The van der Waals surface area contributed by atoms with Crippen LogP contribution in [-0.2, 0) is 4.79 Å². The molecule has 0 spiro atoms. The maximum atomic E-state index is 12.3. The first-order chi connectivity index (χ1) is 9.47. The van der Waals surface area contributed by atoms with E-state index in [0.29, 0.717) is 35.8 Å². The largest absolute Gasteiger partial charge is 0.398 e. The third-order valence-corrected chi connectivity index (χ3v) is 3.97. The van der Waals surface area contributed by atoms with Gasteiger partial charge in [-0.25, -0.2) is 0 Å². The lowest BCUT2D eigenvalue weighted by atomic mass is 9.93.